The van der Waals surface area contributed by atoms with E-state index in [1.807, 2.05) is 24.3 Å². The highest BCUT2D eigenvalue weighted by molar-refractivity contribution is 6.30. The van der Waals surface area contributed by atoms with E-state index in [9.17, 15) is 4.39 Å². The molecule has 3 N–H and O–H groups in total. The van der Waals surface area contributed by atoms with Crippen LogP contribution in [0.4, 0.5) is 15.8 Å². The number of benzene rings is 2. The fourth-order valence-electron chi connectivity index (χ4n) is 1.54. The van der Waals surface area contributed by atoms with Crippen molar-refractivity contribution in [3.63, 3.8) is 0 Å². The van der Waals surface area contributed by atoms with Crippen molar-refractivity contribution in [2.45, 2.75) is 6.54 Å². The van der Waals surface area contributed by atoms with E-state index in [-0.39, 0.29) is 5.69 Å². The summed E-state index contributed by atoms with van der Waals surface area (Å²) in [5.74, 6) is -0.416. The topological polar surface area (TPSA) is 38.0 Å². The molecule has 2 nitrogen and oxygen atoms in total. The van der Waals surface area contributed by atoms with Crippen LogP contribution in [0, 0.1) is 5.82 Å². The molecular weight excluding hydrogens is 239 g/mol. The van der Waals surface area contributed by atoms with E-state index in [0.29, 0.717) is 17.3 Å². The summed E-state index contributed by atoms with van der Waals surface area (Å²) in [7, 11) is 0. The minimum Gasteiger partial charge on any atom is -0.395 e. The molecule has 0 unspecified atom stereocenters. The van der Waals surface area contributed by atoms with Gasteiger partial charge in [-0.05, 0) is 29.8 Å². The standard InChI is InChI=1S/C13H12ClFN2/c14-10-4-1-3-9(7-10)8-17-12-6-2-5-11(15)13(12)16/h1-7,17H,8,16H2. The molecule has 0 bridgehead atoms. The van der Waals surface area contributed by atoms with Crippen LogP contribution in [-0.2, 0) is 6.54 Å². The first kappa shape index (κ1) is 11.7. The maximum absolute atomic E-state index is 13.2. The summed E-state index contributed by atoms with van der Waals surface area (Å²) in [5, 5.41) is 3.75. The van der Waals surface area contributed by atoms with Gasteiger partial charge in [-0.15, -0.1) is 0 Å². The minimum atomic E-state index is -0.416. The largest absolute Gasteiger partial charge is 0.395 e. The summed E-state index contributed by atoms with van der Waals surface area (Å²) < 4.78 is 13.2. The first-order chi connectivity index (χ1) is 8.16. The minimum absolute atomic E-state index is 0.134. The molecule has 0 aliphatic heterocycles. The molecule has 0 aromatic heterocycles. The van der Waals surface area contributed by atoms with Crippen molar-refractivity contribution in [1.29, 1.82) is 0 Å². The number of para-hydroxylation sites is 1. The Morgan fingerprint density at radius 2 is 1.94 bits per heavy atom. The van der Waals surface area contributed by atoms with Crippen LogP contribution in [0.2, 0.25) is 5.02 Å². The number of halogens is 2. The molecule has 0 saturated heterocycles. The van der Waals surface area contributed by atoms with Gasteiger partial charge in [0.15, 0.2) is 0 Å². The highest BCUT2D eigenvalue weighted by Gasteiger charge is 2.03. The molecule has 0 radical (unpaired) electrons. The van der Waals surface area contributed by atoms with E-state index in [4.69, 9.17) is 17.3 Å². The lowest BCUT2D eigenvalue weighted by Crippen LogP contribution is -2.03. The molecule has 0 heterocycles. The van der Waals surface area contributed by atoms with Crippen molar-refractivity contribution in [2.75, 3.05) is 11.1 Å². The van der Waals surface area contributed by atoms with Gasteiger partial charge in [-0.2, -0.15) is 0 Å². The summed E-state index contributed by atoms with van der Waals surface area (Å²) in [6.45, 7) is 0.550. The lowest BCUT2D eigenvalue weighted by molar-refractivity contribution is 0.633. The Kier molecular flexibility index (Phi) is 3.49. The summed E-state index contributed by atoms with van der Waals surface area (Å²) in [6.07, 6.45) is 0. The third-order valence-electron chi connectivity index (χ3n) is 2.42. The second-order valence-corrected chi connectivity index (χ2v) is 4.12. The van der Waals surface area contributed by atoms with Crippen LogP contribution in [0.5, 0.6) is 0 Å². The highest BCUT2D eigenvalue weighted by Crippen LogP contribution is 2.22. The molecule has 0 saturated carbocycles. The van der Waals surface area contributed by atoms with Crippen LogP contribution in [0.15, 0.2) is 42.5 Å². The highest BCUT2D eigenvalue weighted by atomic mass is 35.5. The molecule has 88 valence electrons. The monoisotopic (exact) mass is 250 g/mol. The zero-order chi connectivity index (χ0) is 12.3. The first-order valence-electron chi connectivity index (χ1n) is 5.19. The smallest absolute Gasteiger partial charge is 0.148 e. The van der Waals surface area contributed by atoms with Gasteiger partial charge in [-0.25, -0.2) is 4.39 Å². The molecule has 2 aromatic carbocycles. The zero-order valence-corrected chi connectivity index (χ0v) is 9.84. The van der Waals surface area contributed by atoms with Gasteiger partial charge in [0.2, 0.25) is 0 Å². The average Bonchev–Trinajstić information content (AvgIpc) is 2.31. The van der Waals surface area contributed by atoms with Crippen molar-refractivity contribution in [1.82, 2.24) is 0 Å². The summed E-state index contributed by atoms with van der Waals surface area (Å²) >= 11 is 5.87. The molecule has 0 aliphatic carbocycles. The summed E-state index contributed by atoms with van der Waals surface area (Å²) in [6, 6.07) is 12.2. The summed E-state index contributed by atoms with van der Waals surface area (Å²) in [5.41, 5.74) is 7.35. The number of nitrogens with one attached hydrogen (secondary N) is 1. The molecule has 0 aliphatic rings. The van der Waals surface area contributed by atoms with Crippen molar-refractivity contribution >= 4 is 23.0 Å². The number of rotatable bonds is 3. The Morgan fingerprint density at radius 3 is 2.71 bits per heavy atom. The second kappa shape index (κ2) is 5.06. The number of nitrogen functional groups attached to an aromatic ring is 1. The van der Waals surface area contributed by atoms with Gasteiger partial charge in [-0.3, -0.25) is 0 Å². The van der Waals surface area contributed by atoms with Crippen LogP contribution < -0.4 is 11.1 Å². The van der Waals surface area contributed by atoms with Crippen LogP contribution in [0.1, 0.15) is 5.56 Å². The van der Waals surface area contributed by atoms with Crippen molar-refractivity contribution < 1.29 is 4.39 Å². The van der Waals surface area contributed by atoms with Gasteiger partial charge in [0, 0.05) is 11.6 Å². The molecule has 0 fully saturated rings. The van der Waals surface area contributed by atoms with Crippen molar-refractivity contribution in [2.24, 2.45) is 0 Å². The summed E-state index contributed by atoms with van der Waals surface area (Å²) in [4.78, 5) is 0. The van der Waals surface area contributed by atoms with Crippen LogP contribution >= 0.6 is 11.6 Å². The second-order valence-electron chi connectivity index (χ2n) is 3.68. The van der Waals surface area contributed by atoms with Gasteiger partial charge in [0.05, 0.1) is 11.4 Å². The first-order valence-corrected chi connectivity index (χ1v) is 5.57. The van der Waals surface area contributed by atoms with Gasteiger partial charge in [-0.1, -0.05) is 29.8 Å². The lowest BCUT2D eigenvalue weighted by atomic mass is 10.2. The molecule has 0 atom stereocenters. The predicted molar refractivity (Wildman–Crippen MR) is 69.6 cm³/mol. The van der Waals surface area contributed by atoms with E-state index in [1.165, 1.54) is 6.07 Å². The van der Waals surface area contributed by atoms with E-state index >= 15 is 0 Å². The Hall–Kier alpha value is -1.74. The number of hydrogen-bond donors (Lipinski definition) is 2. The van der Waals surface area contributed by atoms with E-state index in [2.05, 4.69) is 5.32 Å². The van der Waals surface area contributed by atoms with Crippen LogP contribution in [0.3, 0.4) is 0 Å². The fourth-order valence-corrected chi connectivity index (χ4v) is 1.75. The Bertz CT molecular complexity index is 529. The Labute approximate surface area is 104 Å². The Balaban J connectivity index is 2.10. The van der Waals surface area contributed by atoms with Crippen LogP contribution in [0.25, 0.3) is 0 Å². The van der Waals surface area contributed by atoms with Gasteiger partial charge in [0.25, 0.3) is 0 Å². The Morgan fingerprint density at radius 1 is 1.18 bits per heavy atom. The number of anilines is 2. The van der Waals surface area contributed by atoms with Crippen molar-refractivity contribution in [3.8, 4) is 0 Å². The quantitative estimate of drug-likeness (QED) is 0.816. The van der Waals surface area contributed by atoms with Gasteiger partial charge >= 0.3 is 0 Å². The lowest BCUT2D eigenvalue weighted by Gasteiger charge is -2.09. The average molecular weight is 251 g/mol. The van der Waals surface area contributed by atoms with Gasteiger partial charge in [0.1, 0.15) is 5.82 Å². The van der Waals surface area contributed by atoms with Crippen LogP contribution in [-0.4, -0.2) is 0 Å². The zero-order valence-electron chi connectivity index (χ0n) is 9.08. The number of nitrogens with two attached hydrogens (primary N) is 1. The molecule has 0 amide bonds. The molecule has 17 heavy (non-hydrogen) atoms. The van der Waals surface area contributed by atoms with E-state index in [0.717, 1.165) is 5.56 Å². The SMILES string of the molecule is Nc1c(F)cccc1NCc1cccc(Cl)c1. The fraction of sp³-hybridized carbons (Fsp3) is 0.0769. The third-order valence-corrected chi connectivity index (χ3v) is 2.66. The van der Waals surface area contributed by atoms with Crippen molar-refractivity contribution in [3.05, 3.63) is 58.9 Å². The maximum atomic E-state index is 13.2. The van der Waals surface area contributed by atoms with E-state index in [1.54, 1.807) is 12.1 Å². The van der Waals surface area contributed by atoms with Gasteiger partial charge < -0.3 is 11.1 Å². The molecule has 4 heteroatoms. The van der Waals surface area contributed by atoms with E-state index < -0.39 is 5.82 Å². The molecule has 2 aromatic rings. The molecular formula is C13H12ClFN2. The normalized spacial score (nSPS) is 10.2. The predicted octanol–water partition coefficient (Wildman–Crippen LogP) is 3.67. The molecule has 2 rings (SSSR count). The number of hydrogen-bond acceptors (Lipinski definition) is 2. The third kappa shape index (κ3) is 2.88. The molecule has 0 spiro atoms. The maximum Gasteiger partial charge on any atom is 0.148 e.